The summed E-state index contributed by atoms with van der Waals surface area (Å²) in [7, 11) is 1.44. The van der Waals surface area contributed by atoms with Crippen LogP contribution in [-0.2, 0) is 0 Å². The van der Waals surface area contributed by atoms with Crippen molar-refractivity contribution in [3.8, 4) is 17.0 Å². The van der Waals surface area contributed by atoms with Crippen LogP contribution in [0.4, 0.5) is 10.2 Å². The van der Waals surface area contributed by atoms with Gasteiger partial charge in [0.15, 0.2) is 17.4 Å². The van der Waals surface area contributed by atoms with E-state index in [0.717, 1.165) is 17.9 Å². The predicted molar refractivity (Wildman–Crippen MR) is 77.6 cm³/mol. The zero-order valence-electron chi connectivity index (χ0n) is 12.1. The van der Waals surface area contributed by atoms with Gasteiger partial charge in [-0.05, 0) is 39.0 Å². The smallest absolute Gasteiger partial charge is 0.165 e. The summed E-state index contributed by atoms with van der Waals surface area (Å²) in [5, 5.41) is 3.16. The van der Waals surface area contributed by atoms with Crippen molar-refractivity contribution >= 4 is 5.82 Å². The Bertz CT molecular complexity index is 629. The van der Waals surface area contributed by atoms with Crippen LogP contribution in [0.1, 0.15) is 18.3 Å². The van der Waals surface area contributed by atoms with Crippen LogP contribution in [0.5, 0.6) is 5.75 Å². The number of anilines is 1. The van der Waals surface area contributed by atoms with Crippen LogP contribution in [0.15, 0.2) is 18.2 Å². The average Bonchev–Trinajstić information content (AvgIpc) is 2.43. The molecule has 0 atom stereocenters. The molecule has 1 aromatic carbocycles. The van der Waals surface area contributed by atoms with Crippen molar-refractivity contribution < 1.29 is 9.13 Å². The molecule has 0 aliphatic carbocycles. The Labute approximate surface area is 118 Å². The van der Waals surface area contributed by atoms with Crippen molar-refractivity contribution in [2.75, 3.05) is 19.0 Å². The lowest BCUT2D eigenvalue weighted by Crippen LogP contribution is -2.06. The molecule has 0 aliphatic heterocycles. The van der Waals surface area contributed by atoms with Gasteiger partial charge in [0.2, 0.25) is 0 Å². The van der Waals surface area contributed by atoms with E-state index < -0.39 is 5.82 Å². The molecule has 0 saturated heterocycles. The number of halogens is 1. The molecular weight excluding hydrogens is 257 g/mol. The van der Waals surface area contributed by atoms with Crippen molar-refractivity contribution in [3.63, 3.8) is 0 Å². The van der Waals surface area contributed by atoms with Gasteiger partial charge in [0, 0.05) is 12.1 Å². The number of hydrogen-bond donors (Lipinski definition) is 1. The van der Waals surface area contributed by atoms with Gasteiger partial charge in [-0.2, -0.15) is 0 Å². The number of benzene rings is 1. The molecule has 20 heavy (non-hydrogen) atoms. The maximum atomic E-state index is 13.8. The molecule has 0 saturated carbocycles. The zero-order valence-corrected chi connectivity index (χ0v) is 12.1. The zero-order chi connectivity index (χ0) is 14.7. The molecular formula is C15H18FN3O. The van der Waals surface area contributed by atoms with E-state index in [4.69, 9.17) is 4.74 Å². The largest absolute Gasteiger partial charge is 0.494 e. The molecule has 1 aromatic heterocycles. The first-order valence-electron chi connectivity index (χ1n) is 6.49. The first-order valence-corrected chi connectivity index (χ1v) is 6.49. The van der Waals surface area contributed by atoms with Gasteiger partial charge in [0.1, 0.15) is 5.69 Å². The number of aryl methyl sites for hydroxylation is 2. The van der Waals surface area contributed by atoms with Crippen molar-refractivity contribution in [2.24, 2.45) is 0 Å². The summed E-state index contributed by atoms with van der Waals surface area (Å²) in [6.07, 6.45) is 0. The van der Waals surface area contributed by atoms with Crippen molar-refractivity contribution in [2.45, 2.75) is 20.8 Å². The molecule has 0 fully saturated rings. The van der Waals surface area contributed by atoms with Gasteiger partial charge < -0.3 is 10.1 Å². The fraction of sp³-hybridized carbons (Fsp3) is 0.333. The van der Waals surface area contributed by atoms with Crippen LogP contribution in [0.3, 0.4) is 0 Å². The highest BCUT2D eigenvalue weighted by Gasteiger charge is 2.13. The van der Waals surface area contributed by atoms with Crippen LogP contribution < -0.4 is 10.1 Å². The van der Waals surface area contributed by atoms with E-state index in [-0.39, 0.29) is 5.75 Å². The van der Waals surface area contributed by atoms with Gasteiger partial charge in [-0.1, -0.05) is 0 Å². The Morgan fingerprint density at radius 3 is 2.50 bits per heavy atom. The molecule has 1 N–H and O–H groups in total. The lowest BCUT2D eigenvalue weighted by Gasteiger charge is -2.12. The Kier molecular flexibility index (Phi) is 4.17. The molecule has 2 rings (SSSR count). The van der Waals surface area contributed by atoms with Crippen molar-refractivity contribution in [3.05, 3.63) is 35.4 Å². The number of nitrogens with one attached hydrogen (secondary N) is 1. The van der Waals surface area contributed by atoms with Crippen LogP contribution in [0, 0.1) is 19.7 Å². The summed E-state index contributed by atoms with van der Waals surface area (Å²) in [6, 6.07) is 4.79. The van der Waals surface area contributed by atoms with E-state index >= 15 is 0 Å². The second-order valence-corrected chi connectivity index (χ2v) is 4.47. The first kappa shape index (κ1) is 14.2. The molecule has 0 radical (unpaired) electrons. The maximum Gasteiger partial charge on any atom is 0.165 e. The minimum absolute atomic E-state index is 0.218. The number of methoxy groups -OCH3 is 1. The van der Waals surface area contributed by atoms with E-state index in [1.165, 1.54) is 13.2 Å². The molecule has 2 aromatic rings. The Balaban J connectivity index is 2.55. The van der Waals surface area contributed by atoms with Gasteiger partial charge in [-0.3, -0.25) is 0 Å². The maximum absolute atomic E-state index is 13.8. The molecule has 106 valence electrons. The van der Waals surface area contributed by atoms with Crippen LogP contribution in [0.25, 0.3) is 11.3 Å². The molecule has 4 nitrogen and oxygen atoms in total. The highest BCUT2D eigenvalue weighted by molar-refractivity contribution is 5.72. The first-order chi connectivity index (χ1) is 9.56. The molecule has 0 bridgehead atoms. The number of hydrogen-bond acceptors (Lipinski definition) is 4. The quantitative estimate of drug-likeness (QED) is 0.929. The van der Waals surface area contributed by atoms with Crippen LogP contribution in [0.2, 0.25) is 0 Å². The lowest BCUT2D eigenvalue weighted by molar-refractivity contribution is 0.386. The monoisotopic (exact) mass is 275 g/mol. The summed E-state index contributed by atoms with van der Waals surface area (Å²) >= 11 is 0. The summed E-state index contributed by atoms with van der Waals surface area (Å²) in [4.78, 5) is 9.01. The van der Waals surface area contributed by atoms with Gasteiger partial charge in [0.05, 0.1) is 18.5 Å². The summed E-state index contributed by atoms with van der Waals surface area (Å²) < 4.78 is 18.8. The molecule has 0 spiro atoms. The predicted octanol–water partition coefficient (Wildman–Crippen LogP) is 3.34. The van der Waals surface area contributed by atoms with Gasteiger partial charge in [0.25, 0.3) is 0 Å². The van der Waals surface area contributed by atoms with Gasteiger partial charge >= 0.3 is 0 Å². The number of aromatic nitrogens is 2. The fourth-order valence-electron chi connectivity index (χ4n) is 1.91. The van der Waals surface area contributed by atoms with Crippen LogP contribution in [-0.4, -0.2) is 23.6 Å². The lowest BCUT2D eigenvalue weighted by atomic mass is 10.1. The van der Waals surface area contributed by atoms with Crippen molar-refractivity contribution in [1.82, 2.24) is 9.97 Å². The minimum atomic E-state index is -0.410. The van der Waals surface area contributed by atoms with E-state index in [0.29, 0.717) is 17.1 Å². The standard InChI is InChI=1S/C15H18FN3O/c1-5-17-15-14(18-9(2)10(3)19-15)11-6-7-13(20-4)12(16)8-11/h6-8H,5H2,1-4H3,(H,17,19). The summed E-state index contributed by atoms with van der Waals surface area (Å²) in [6.45, 7) is 6.50. The second-order valence-electron chi connectivity index (χ2n) is 4.47. The number of nitrogens with zero attached hydrogens (tertiary/aromatic N) is 2. The molecule has 1 heterocycles. The highest BCUT2D eigenvalue weighted by Crippen LogP contribution is 2.29. The Morgan fingerprint density at radius 1 is 1.20 bits per heavy atom. The Hall–Kier alpha value is -2.17. The van der Waals surface area contributed by atoms with Crippen LogP contribution >= 0.6 is 0 Å². The number of rotatable bonds is 4. The summed E-state index contributed by atoms with van der Waals surface area (Å²) in [5.41, 5.74) is 3.02. The topological polar surface area (TPSA) is 47.0 Å². The molecule has 5 heteroatoms. The SMILES string of the molecule is CCNc1nc(C)c(C)nc1-c1ccc(OC)c(F)c1. The molecule has 0 unspecified atom stereocenters. The summed E-state index contributed by atoms with van der Waals surface area (Å²) in [5.74, 6) is 0.475. The average molecular weight is 275 g/mol. The minimum Gasteiger partial charge on any atom is -0.494 e. The van der Waals surface area contributed by atoms with E-state index in [2.05, 4.69) is 15.3 Å². The third kappa shape index (κ3) is 2.71. The normalized spacial score (nSPS) is 10.4. The third-order valence-electron chi connectivity index (χ3n) is 3.08. The van der Waals surface area contributed by atoms with E-state index in [1.807, 2.05) is 20.8 Å². The third-order valence-corrected chi connectivity index (χ3v) is 3.08. The van der Waals surface area contributed by atoms with E-state index in [1.54, 1.807) is 12.1 Å². The van der Waals surface area contributed by atoms with Crippen molar-refractivity contribution in [1.29, 1.82) is 0 Å². The van der Waals surface area contributed by atoms with Gasteiger partial charge in [-0.15, -0.1) is 0 Å². The fourth-order valence-corrected chi connectivity index (χ4v) is 1.91. The molecule has 0 aliphatic rings. The highest BCUT2D eigenvalue weighted by atomic mass is 19.1. The number of ether oxygens (including phenoxy) is 1. The van der Waals surface area contributed by atoms with E-state index in [9.17, 15) is 4.39 Å². The molecule has 0 amide bonds. The van der Waals surface area contributed by atoms with Gasteiger partial charge in [-0.25, -0.2) is 14.4 Å². The Morgan fingerprint density at radius 2 is 1.90 bits per heavy atom. The second kappa shape index (κ2) is 5.86.